The van der Waals surface area contributed by atoms with Crippen LogP contribution in [0.3, 0.4) is 0 Å². The van der Waals surface area contributed by atoms with Crippen LogP contribution >= 0.6 is 0 Å². The minimum Gasteiger partial charge on any atom is -0.389 e. The molecule has 2 rings (SSSR count). The molecule has 2 aromatic rings. The van der Waals surface area contributed by atoms with Crippen molar-refractivity contribution in [2.75, 3.05) is 5.75 Å². The summed E-state index contributed by atoms with van der Waals surface area (Å²) in [4.78, 5) is 0.157. The number of sulfone groups is 1. The first kappa shape index (κ1) is 15.3. The lowest BCUT2D eigenvalue weighted by Gasteiger charge is -2.06. The molecule has 1 aromatic carbocycles. The van der Waals surface area contributed by atoms with Crippen LogP contribution in [-0.4, -0.2) is 23.8 Å². The standard InChI is InChI=1S/C15H16N2O3S/c1-12(18)14-5-6-17(11-14)7-8-21(19,20)15-4-2-3-13(9-15)10-16/h2-6,9,11-12,18H,7-8H2,1H3. The van der Waals surface area contributed by atoms with E-state index < -0.39 is 15.9 Å². The number of aliphatic hydroxyl groups excluding tert-OH is 1. The molecule has 6 heteroatoms. The maximum Gasteiger partial charge on any atom is 0.180 e. The van der Waals surface area contributed by atoms with Gasteiger partial charge in [0.2, 0.25) is 0 Å². The first-order valence-corrected chi connectivity index (χ1v) is 8.14. The average Bonchev–Trinajstić information content (AvgIpc) is 2.94. The van der Waals surface area contributed by atoms with Gasteiger partial charge < -0.3 is 9.67 Å². The Hall–Kier alpha value is -2.10. The van der Waals surface area contributed by atoms with Crippen LogP contribution in [-0.2, 0) is 16.4 Å². The van der Waals surface area contributed by atoms with E-state index in [9.17, 15) is 13.5 Å². The summed E-state index contributed by atoms with van der Waals surface area (Å²) in [6.45, 7) is 1.95. The maximum atomic E-state index is 12.2. The van der Waals surface area contributed by atoms with Crippen molar-refractivity contribution in [2.45, 2.75) is 24.5 Å². The van der Waals surface area contributed by atoms with Crippen molar-refractivity contribution in [1.82, 2.24) is 4.57 Å². The largest absolute Gasteiger partial charge is 0.389 e. The zero-order valence-corrected chi connectivity index (χ0v) is 12.4. The van der Waals surface area contributed by atoms with Crippen molar-refractivity contribution in [3.8, 4) is 6.07 Å². The number of aryl methyl sites for hydroxylation is 1. The van der Waals surface area contributed by atoms with Gasteiger partial charge in [-0.25, -0.2) is 8.42 Å². The third-order valence-electron chi connectivity index (χ3n) is 3.20. The molecule has 0 saturated heterocycles. The first-order chi connectivity index (χ1) is 9.92. The van der Waals surface area contributed by atoms with Crippen molar-refractivity contribution in [1.29, 1.82) is 5.26 Å². The van der Waals surface area contributed by atoms with Crippen molar-refractivity contribution >= 4 is 9.84 Å². The smallest absolute Gasteiger partial charge is 0.180 e. The number of aromatic nitrogens is 1. The Morgan fingerprint density at radius 1 is 1.38 bits per heavy atom. The van der Waals surface area contributed by atoms with E-state index in [2.05, 4.69) is 0 Å². The van der Waals surface area contributed by atoms with Gasteiger partial charge in [-0.1, -0.05) is 6.07 Å². The molecule has 5 nitrogen and oxygen atoms in total. The molecule has 1 heterocycles. The van der Waals surface area contributed by atoms with E-state index in [4.69, 9.17) is 5.26 Å². The van der Waals surface area contributed by atoms with E-state index in [-0.39, 0.29) is 10.6 Å². The number of aliphatic hydroxyl groups is 1. The Morgan fingerprint density at radius 3 is 2.76 bits per heavy atom. The Morgan fingerprint density at radius 2 is 2.14 bits per heavy atom. The molecule has 0 radical (unpaired) electrons. The summed E-state index contributed by atoms with van der Waals surface area (Å²) in [5, 5.41) is 18.3. The summed E-state index contributed by atoms with van der Waals surface area (Å²) in [5.74, 6) is -0.0597. The Kier molecular flexibility index (Phi) is 4.46. The highest BCUT2D eigenvalue weighted by Gasteiger charge is 2.15. The van der Waals surface area contributed by atoms with Gasteiger partial charge in [0.05, 0.1) is 28.4 Å². The second kappa shape index (κ2) is 6.12. The fraction of sp³-hybridized carbons (Fsp3) is 0.267. The van der Waals surface area contributed by atoms with Crippen LogP contribution in [0.1, 0.15) is 24.2 Å². The zero-order valence-electron chi connectivity index (χ0n) is 11.6. The van der Waals surface area contributed by atoms with Crippen molar-refractivity contribution in [2.24, 2.45) is 0 Å². The fourth-order valence-corrected chi connectivity index (χ4v) is 3.23. The van der Waals surface area contributed by atoms with Gasteiger partial charge in [-0.05, 0) is 36.8 Å². The summed E-state index contributed by atoms with van der Waals surface area (Å²) < 4.78 is 26.2. The first-order valence-electron chi connectivity index (χ1n) is 6.49. The highest BCUT2D eigenvalue weighted by Crippen LogP contribution is 2.15. The highest BCUT2D eigenvalue weighted by molar-refractivity contribution is 7.91. The molecule has 1 unspecified atom stereocenters. The molecule has 0 aliphatic carbocycles. The molecule has 1 aromatic heterocycles. The predicted octanol–water partition coefficient (Wildman–Crippen LogP) is 1.89. The van der Waals surface area contributed by atoms with Gasteiger partial charge in [0.1, 0.15) is 0 Å². The molecule has 0 aliphatic heterocycles. The lowest BCUT2D eigenvalue weighted by atomic mass is 10.2. The van der Waals surface area contributed by atoms with Crippen LogP contribution in [0.15, 0.2) is 47.6 Å². The van der Waals surface area contributed by atoms with Gasteiger partial charge in [-0.2, -0.15) is 5.26 Å². The molecular formula is C15H16N2O3S. The second-order valence-corrected chi connectivity index (χ2v) is 6.93. The third-order valence-corrected chi connectivity index (χ3v) is 4.89. The molecule has 0 spiro atoms. The van der Waals surface area contributed by atoms with Crippen LogP contribution in [0.25, 0.3) is 0 Å². The van der Waals surface area contributed by atoms with Gasteiger partial charge in [0.25, 0.3) is 0 Å². The number of benzene rings is 1. The lowest BCUT2D eigenvalue weighted by molar-refractivity contribution is 0.199. The average molecular weight is 304 g/mol. The summed E-state index contributed by atoms with van der Waals surface area (Å²) in [7, 11) is -3.44. The van der Waals surface area contributed by atoms with Crippen LogP contribution in [0.2, 0.25) is 0 Å². The van der Waals surface area contributed by atoms with Gasteiger partial charge in [-0.15, -0.1) is 0 Å². The molecule has 0 fully saturated rings. The minimum absolute atomic E-state index is 0.0597. The summed E-state index contributed by atoms with van der Waals surface area (Å²) in [6, 6.07) is 9.69. The van der Waals surface area contributed by atoms with Crippen LogP contribution < -0.4 is 0 Å². The van der Waals surface area contributed by atoms with E-state index in [1.54, 1.807) is 42.1 Å². The molecule has 0 aliphatic rings. The second-order valence-electron chi connectivity index (χ2n) is 4.82. The molecule has 0 saturated carbocycles. The van der Waals surface area contributed by atoms with E-state index in [0.717, 1.165) is 5.56 Å². The number of nitrogens with zero attached hydrogens (tertiary/aromatic N) is 2. The summed E-state index contributed by atoms with van der Waals surface area (Å²) in [6.07, 6.45) is 2.89. The van der Waals surface area contributed by atoms with Crippen LogP contribution in [0.5, 0.6) is 0 Å². The predicted molar refractivity (Wildman–Crippen MR) is 78.3 cm³/mol. The molecule has 1 N–H and O–H groups in total. The van der Waals surface area contributed by atoms with Crippen LogP contribution in [0.4, 0.5) is 0 Å². The number of hydrogen-bond donors (Lipinski definition) is 1. The van der Waals surface area contributed by atoms with Crippen molar-refractivity contribution in [3.05, 3.63) is 53.9 Å². The molecule has 110 valence electrons. The van der Waals surface area contributed by atoms with E-state index in [0.29, 0.717) is 12.1 Å². The van der Waals surface area contributed by atoms with E-state index in [1.165, 1.54) is 12.1 Å². The summed E-state index contributed by atoms with van der Waals surface area (Å²) in [5.41, 5.74) is 1.08. The van der Waals surface area contributed by atoms with E-state index in [1.807, 2.05) is 6.07 Å². The van der Waals surface area contributed by atoms with Gasteiger partial charge in [-0.3, -0.25) is 0 Å². The van der Waals surface area contributed by atoms with Crippen molar-refractivity contribution in [3.63, 3.8) is 0 Å². The Bertz CT molecular complexity index is 770. The highest BCUT2D eigenvalue weighted by atomic mass is 32.2. The molecule has 0 amide bonds. The number of rotatable bonds is 5. The zero-order chi connectivity index (χ0) is 15.5. The monoisotopic (exact) mass is 304 g/mol. The molecular weight excluding hydrogens is 288 g/mol. The SMILES string of the molecule is CC(O)c1ccn(CCS(=O)(=O)c2cccc(C#N)c2)c1. The molecule has 21 heavy (non-hydrogen) atoms. The molecule has 1 atom stereocenters. The minimum atomic E-state index is -3.44. The van der Waals surface area contributed by atoms with Gasteiger partial charge >= 0.3 is 0 Å². The number of nitriles is 1. The maximum absolute atomic E-state index is 12.2. The normalized spacial score (nSPS) is 12.8. The van der Waals surface area contributed by atoms with Crippen molar-refractivity contribution < 1.29 is 13.5 Å². The fourth-order valence-electron chi connectivity index (χ4n) is 1.95. The van der Waals surface area contributed by atoms with Gasteiger partial charge in [0, 0.05) is 18.9 Å². The van der Waals surface area contributed by atoms with Crippen LogP contribution in [0, 0.1) is 11.3 Å². The van der Waals surface area contributed by atoms with E-state index >= 15 is 0 Å². The third kappa shape index (κ3) is 3.72. The topological polar surface area (TPSA) is 83.1 Å². The quantitative estimate of drug-likeness (QED) is 0.914. The number of hydrogen-bond acceptors (Lipinski definition) is 4. The Balaban J connectivity index is 2.12. The Labute approximate surface area is 124 Å². The molecule has 0 bridgehead atoms. The van der Waals surface area contributed by atoms with Gasteiger partial charge in [0.15, 0.2) is 9.84 Å². The summed E-state index contributed by atoms with van der Waals surface area (Å²) >= 11 is 0. The lowest BCUT2D eigenvalue weighted by Crippen LogP contribution is -2.12.